The van der Waals surface area contributed by atoms with Crippen LogP contribution in [0.5, 0.6) is 0 Å². The fourth-order valence-electron chi connectivity index (χ4n) is 0. The molecule has 0 aliphatic carbocycles. The SMILES string of the molecule is C.C.C.C.C.C.C.C.C.C.N=C=O.N=C=O.N=C=O.N=C=O. The van der Waals surface area contributed by atoms with Crippen LogP contribution in [0.2, 0.25) is 0 Å². The van der Waals surface area contributed by atoms with Crippen molar-refractivity contribution in [3.63, 3.8) is 0 Å². The molecule has 0 heterocycles. The highest BCUT2D eigenvalue weighted by Gasteiger charge is 1.04. The standard InChI is InChI=1S/4CHNO.10CH4/c4*2-1-3;;;;;;;;;;/h4*2H;10*1H4. The van der Waals surface area contributed by atoms with Crippen molar-refractivity contribution in [3.05, 3.63) is 0 Å². The summed E-state index contributed by atoms with van der Waals surface area (Å²) in [5.74, 6) is 0. The molecule has 22 heavy (non-hydrogen) atoms. The average molecular weight is 333 g/mol. The first-order chi connectivity index (χ1) is 5.66. The Morgan fingerprint density at radius 1 is 0.318 bits per heavy atom. The molecule has 0 bridgehead atoms. The van der Waals surface area contributed by atoms with Crippen molar-refractivity contribution >= 4 is 24.3 Å². The van der Waals surface area contributed by atoms with Gasteiger partial charge in [0.2, 0.25) is 24.3 Å². The van der Waals surface area contributed by atoms with Gasteiger partial charge in [-0.25, -0.2) is 40.8 Å². The molecule has 144 valence electrons. The van der Waals surface area contributed by atoms with E-state index in [0.717, 1.165) is 24.3 Å². The molecule has 0 aromatic heterocycles. The van der Waals surface area contributed by atoms with Crippen molar-refractivity contribution in [2.75, 3.05) is 0 Å². The van der Waals surface area contributed by atoms with Gasteiger partial charge in [0.15, 0.2) is 0 Å². The molecule has 0 radical (unpaired) electrons. The van der Waals surface area contributed by atoms with Crippen LogP contribution >= 0.6 is 0 Å². The van der Waals surface area contributed by atoms with Crippen LogP contribution in [-0.4, -0.2) is 24.3 Å². The second-order valence-electron chi connectivity index (χ2n) is 0.408. The average Bonchev–Trinajstić information content (AvgIpc) is 1.92. The van der Waals surface area contributed by atoms with Crippen LogP contribution in [0.1, 0.15) is 74.3 Å². The van der Waals surface area contributed by atoms with E-state index in [4.69, 9.17) is 40.8 Å². The number of nitrogens with one attached hydrogen (secondary N) is 4. The lowest BCUT2D eigenvalue weighted by molar-refractivity contribution is 0.562. The topological polar surface area (TPSA) is 164 Å². The van der Waals surface area contributed by atoms with Crippen LogP contribution in [0.15, 0.2) is 0 Å². The number of hydrogen-bond donors (Lipinski definition) is 4. The Kier molecular flexibility index (Phi) is 24600. The maximum Gasteiger partial charge on any atom is 0.231 e. The molecular formula is C14H44N4O4. The van der Waals surface area contributed by atoms with E-state index in [1.165, 1.54) is 0 Å². The monoisotopic (exact) mass is 332 g/mol. The van der Waals surface area contributed by atoms with Gasteiger partial charge in [-0.05, 0) is 0 Å². The summed E-state index contributed by atoms with van der Waals surface area (Å²) in [6, 6.07) is 0. The highest BCUT2D eigenvalue weighted by atomic mass is 16.1. The predicted octanol–water partition coefficient (Wildman–Crippen LogP) is 5.96. The highest BCUT2D eigenvalue weighted by Crippen LogP contribution is 0.877. The molecule has 0 saturated heterocycles. The fourth-order valence-corrected chi connectivity index (χ4v) is 0. The molecule has 4 N–H and O–H groups in total. The van der Waals surface area contributed by atoms with Crippen molar-refractivity contribution in [2.24, 2.45) is 0 Å². The third-order valence-corrected chi connectivity index (χ3v) is 0. The number of hydrogen-bond acceptors (Lipinski definition) is 8. The maximum absolute atomic E-state index is 8.35. The maximum atomic E-state index is 8.35. The van der Waals surface area contributed by atoms with Gasteiger partial charge in [0.25, 0.3) is 0 Å². The Labute approximate surface area is 140 Å². The summed E-state index contributed by atoms with van der Waals surface area (Å²) in [5, 5.41) is 21.6. The van der Waals surface area contributed by atoms with E-state index >= 15 is 0 Å². The van der Waals surface area contributed by atoms with Gasteiger partial charge in [-0.1, -0.05) is 74.3 Å². The van der Waals surface area contributed by atoms with E-state index in [1.54, 1.807) is 0 Å². The van der Waals surface area contributed by atoms with Crippen molar-refractivity contribution < 1.29 is 19.2 Å². The zero-order valence-corrected chi connectivity index (χ0v) is 5.63. The molecule has 0 spiro atoms. The number of rotatable bonds is 0. The molecule has 0 saturated carbocycles. The molecular weight excluding hydrogens is 288 g/mol. The molecule has 0 unspecified atom stereocenters. The Bertz CT molecular complexity index is 161. The Hall–Kier alpha value is -2.48. The van der Waals surface area contributed by atoms with Gasteiger partial charge in [0.1, 0.15) is 0 Å². The van der Waals surface area contributed by atoms with Crippen molar-refractivity contribution in [1.29, 1.82) is 21.6 Å². The third-order valence-electron chi connectivity index (χ3n) is 0. The van der Waals surface area contributed by atoms with Gasteiger partial charge in [-0.3, -0.25) is 0 Å². The Balaban J connectivity index is -0.00000000281. The summed E-state index contributed by atoms with van der Waals surface area (Å²) in [4.78, 5) is 33.4. The second kappa shape index (κ2) is 2460. The normalized spacial score (nSPS) is 1.45. The van der Waals surface area contributed by atoms with Gasteiger partial charge < -0.3 is 0 Å². The van der Waals surface area contributed by atoms with Crippen LogP contribution in [-0.2, 0) is 19.2 Å². The zero-order valence-electron chi connectivity index (χ0n) is 5.63. The van der Waals surface area contributed by atoms with E-state index in [2.05, 4.69) is 0 Å². The van der Waals surface area contributed by atoms with Crippen LogP contribution in [0.25, 0.3) is 0 Å². The van der Waals surface area contributed by atoms with Gasteiger partial charge >= 0.3 is 0 Å². The molecule has 0 aromatic carbocycles. The zero-order chi connectivity index (χ0) is 10.8. The highest BCUT2D eigenvalue weighted by molar-refractivity contribution is 5.26. The van der Waals surface area contributed by atoms with Gasteiger partial charge in [-0.15, -0.1) is 0 Å². The summed E-state index contributed by atoms with van der Waals surface area (Å²) < 4.78 is 0. The van der Waals surface area contributed by atoms with E-state index < -0.39 is 0 Å². The minimum Gasteiger partial charge on any atom is -0.222 e. The molecule has 0 amide bonds. The minimum atomic E-state index is 0. The van der Waals surface area contributed by atoms with E-state index in [9.17, 15) is 0 Å². The number of isocyanates is 4. The first-order valence-corrected chi connectivity index (χ1v) is 1.82. The van der Waals surface area contributed by atoms with Crippen molar-refractivity contribution in [3.8, 4) is 0 Å². The third kappa shape index (κ3) is 777. The molecule has 0 rings (SSSR count). The largest absolute Gasteiger partial charge is 0.231 e. The summed E-state index contributed by atoms with van der Waals surface area (Å²) in [7, 11) is 0. The van der Waals surface area contributed by atoms with Crippen LogP contribution in [0.4, 0.5) is 0 Å². The quantitative estimate of drug-likeness (QED) is 0.317. The smallest absolute Gasteiger partial charge is 0.222 e. The van der Waals surface area contributed by atoms with Gasteiger partial charge in [-0.2, -0.15) is 0 Å². The molecule has 0 aromatic rings. The fraction of sp³-hybridized carbons (Fsp3) is 0.714. The molecule has 0 aliphatic heterocycles. The molecule has 8 nitrogen and oxygen atoms in total. The molecule has 8 heteroatoms. The predicted molar refractivity (Wildman–Crippen MR) is 101 cm³/mol. The summed E-state index contributed by atoms with van der Waals surface area (Å²) in [5.41, 5.74) is 0. The van der Waals surface area contributed by atoms with E-state index in [-0.39, 0.29) is 74.3 Å². The second-order valence-corrected chi connectivity index (χ2v) is 0.408. The van der Waals surface area contributed by atoms with E-state index in [0.29, 0.717) is 0 Å². The van der Waals surface area contributed by atoms with Crippen molar-refractivity contribution in [2.45, 2.75) is 74.3 Å². The summed E-state index contributed by atoms with van der Waals surface area (Å²) >= 11 is 0. The first-order valence-electron chi connectivity index (χ1n) is 1.82. The van der Waals surface area contributed by atoms with Crippen molar-refractivity contribution in [1.82, 2.24) is 0 Å². The van der Waals surface area contributed by atoms with E-state index in [1.807, 2.05) is 0 Å². The lowest BCUT2D eigenvalue weighted by atomic mass is 11.7. The minimum absolute atomic E-state index is 0. The summed E-state index contributed by atoms with van der Waals surface area (Å²) in [6.07, 6.45) is 3.00. The molecule has 0 atom stereocenters. The Morgan fingerprint density at radius 2 is 0.318 bits per heavy atom. The van der Waals surface area contributed by atoms with Gasteiger partial charge in [0, 0.05) is 0 Å². The molecule has 0 fully saturated rings. The van der Waals surface area contributed by atoms with Crippen LogP contribution in [0, 0.1) is 21.6 Å². The first kappa shape index (κ1) is 220. The lowest BCUT2D eigenvalue weighted by Crippen LogP contribution is -1.16. The van der Waals surface area contributed by atoms with Crippen LogP contribution < -0.4 is 0 Å². The lowest BCUT2D eigenvalue weighted by Gasteiger charge is -1.02. The number of carbonyl (C=O) groups excluding carboxylic acids is 4. The van der Waals surface area contributed by atoms with Gasteiger partial charge in [0.05, 0.1) is 0 Å². The summed E-state index contributed by atoms with van der Waals surface area (Å²) in [6.45, 7) is 0. The molecule has 0 aliphatic rings. The van der Waals surface area contributed by atoms with Crippen LogP contribution in [0.3, 0.4) is 0 Å². The Morgan fingerprint density at radius 3 is 0.318 bits per heavy atom.